The Morgan fingerprint density at radius 1 is 0.825 bits per heavy atom. The fourth-order valence-corrected chi connectivity index (χ4v) is 6.09. The molecule has 40 heavy (non-hydrogen) atoms. The number of fused-ring (bicyclic) bond motifs is 1. The SMILES string of the molecule is CCN(CC1CCCC1)c1cc2c(cc1CN(Cc1cc(C(F)(F)F)cc(C(F)(F)F)c1)c1ncco1)CCC2. The van der Waals surface area contributed by atoms with Crippen molar-refractivity contribution in [1.29, 1.82) is 0 Å². The van der Waals surface area contributed by atoms with Gasteiger partial charge in [0.25, 0.3) is 6.01 Å². The largest absolute Gasteiger partial charge is 0.432 e. The summed E-state index contributed by atoms with van der Waals surface area (Å²) in [5, 5.41) is 0. The summed E-state index contributed by atoms with van der Waals surface area (Å²) in [5.41, 5.74) is 1.77. The Bertz CT molecular complexity index is 1260. The third-order valence-electron chi connectivity index (χ3n) is 8.04. The number of alkyl halides is 6. The van der Waals surface area contributed by atoms with Crippen molar-refractivity contribution in [2.75, 3.05) is 22.9 Å². The van der Waals surface area contributed by atoms with Crippen LogP contribution >= 0.6 is 0 Å². The summed E-state index contributed by atoms with van der Waals surface area (Å²) < 4.78 is 86.8. The number of aromatic nitrogens is 1. The number of rotatable bonds is 9. The lowest BCUT2D eigenvalue weighted by Gasteiger charge is -2.31. The molecule has 0 bridgehead atoms. The van der Waals surface area contributed by atoms with Gasteiger partial charge in [-0.2, -0.15) is 26.3 Å². The highest BCUT2D eigenvalue weighted by molar-refractivity contribution is 5.60. The minimum atomic E-state index is -4.92. The van der Waals surface area contributed by atoms with Gasteiger partial charge in [0.1, 0.15) is 6.26 Å². The molecule has 2 aliphatic rings. The molecule has 1 aromatic heterocycles. The summed E-state index contributed by atoms with van der Waals surface area (Å²) in [6.45, 7) is 3.81. The van der Waals surface area contributed by atoms with Crippen molar-refractivity contribution in [3.8, 4) is 0 Å². The van der Waals surface area contributed by atoms with Crippen molar-refractivity contribution in [2.24, 2.45) is 5.92 Å². The van der Waals surface area contributed by atoms with E-state index in [1.807, 2.05) is 0 Å². The maximum atomic E-state index is 13.6. The van der Waals surface area contributed by atoms with Crippen molar-refractivity contribution in [3.63, 3.8) is 0 Å². The Balaban J connectivity index is 1.52. The van der Waals surface area contributed by atoms with Crippen LogP contribution in [-0.4, -0.2) is 18.1 Å². The topological polar surface area (TPSA) is 32.5 Å². The van der Waals surface area contributed by atoms with Crippen molar-refractivity contribution in [1.82, 2.24) is 4.98 Å². The maximum Gasteiger partial charge on any atom is 0.416 e. The highest BCUT2D eigenvalue weighted by Gasteiger charge is 2.37. The minimum absolute atomic E-state index is 0.124. The van der Waals surface area contributed by atoms with Crippen molar-refractivity contribution < 1.29 is 30.8 Å². The Hall–Kier alpha value is -3.17. The number of oxazole rings is 1. The molecule has 4 nitrogen and oxygen atoms in total. The van der Waals surface area contributed by atoms with Gasteiger partial charge in [-0.15, -0.1) is 0 Å². The van der Waals surface area contributed by atoms with E-state index < -0.39 is 23.5 Å². The summed E-state index contributed by atoms with van der Waals surface area (Å²) in [6, 6.07) is 6.21. The quantitative estimate of drug-likeness (QED) is 0.244. The maximum absolute atomic E-state index is 13.6. The first-order valence-corrected chi connectivity index (χ1v) is 13.8. The van der Waals surface area contributed by atoms with Gasteiger partial charge in [-0.3, -0.25) is 0 Å². The van der Waals surface area contributed by atoms with E-state index in [2.05, 4.69) is 28.9 Å². The molecule has 0 aliphatic heterocycles. The molecule has 5 rings (SSSR count). The van der Waals surface area contributed by atoms with Crippen molar-refractivity contribution in [3.05, 3.63) is 76.2 Å². The molecule has 2 aliphatic carbocycles. The average Bonchev–Trinajstić information content (AvgIpc) is 3.68. The second-order valence-corrected chi connectivity index (χ2v) is 10.9. The molecular formula is C30H33F6N3O. The molecule has 0 amide bonds. The first kappa shape index (κ1) is 28.4. The van der Waals surface area contributed by atoms with Crippen LogP contribution in [0.3, 0.4) is 0 Å². The third kappa shape index (κ3) is 6.41. The van der Waals surface area contributed by atoms with Crippen LogP contribution in [0.4, 0.5) is 38.0 Å². The van der Waals surface area contributed by atoms with E-state index in [1.165, 1.54) is 49.3 Å². The van der Waals surface area contributed by atoms with E-state index in [9.17, 15) is 26.3 Å². The van der Waals surface area contributed by atoms with Crippen LogP contribution in [-0.2, 0) is 38.3 Å². The molecule has 0 N–H and O–H groups in total. The number of hydrogen-bond acceptors (Lipinski definition) is 4. The van der Waals surface area contributed by atoms with Crippen LogP contribution in [0.15, 0.2) is 47.2 Å². The van der Waals surface area contributed by atoms with Crippen LogP contribution in [0.2, 0.25) is 0 Å². The lowest BCUT2D eigenvalue weighted by atomic mass is 10.0. The lowest BCUT2D eigenvalue weighted by molar-refractivity contribution is -0.143. The summed E-state index contributed by atoms with van der Waals surface area (Å²) in [7, 11) is 0. The number of nitrogens with zero attached hydrogens (tertiary/aromatic N) is 3. The molecule has 216 valence electrons. The molecule has 3 aromatic rings. The molecule has 0 spiro atoms. The highest BCUT2D eigenvalue weighted by Crippen LogP contribution is 2.38. The van der Waals surface area contributed by atoms with Gasteiger partial charge < -0.3 is 14.2 Å². The van der Waals surface area contributed by atoms with Gasteiger partial charge in [-0.25, -0.2) is 4.98 Å². The summed E-state index contributed by atoms with van der Waals surface area (Å²) in [6.07, 6.45) is 0.763. The zero-order chi connectivity index (χ0) is 28.5. The van der Waals surface area contributed by atoms with Crippen LogP contribution in [0.25, 0.3) is 0 Å². The monoisotopic (exact) mass is 565 g/mol. The van der Waals surface area contributed by atoms with Gasteiger partial charge in [0.05, 0.1) is 17.3 Å². The predicted molar refractivity (Wildman–Crippen MR) is 141 cm³/mol. The van der Waals surface area contributed by atoms with Gasteiger partial charge in [0.15, 0.2) is 0 Å². The van der Waals surface area contributed by atoms with Crippen LogP contribution in [0.5, 0.6) is 0 Å². The fraction of sp³-hybridized carbons (Fsp3) is 0.500. The van der Waals surface area contributed by atoms with Crippen LogP contribution in [0.1, 0.15) is 72.4 Å². The Labute approximate surface area is 230 Å². The zero-order valence-corrected chi connectivity index (χ0v) is 22.4. The lowest BCUT2D eigenvalue weighted by Crippen LogP contribution is -2.31. The molecule has 0 saturated heterocycles. The predicted octanol–water partition coefficient (Wildman–Crippen LogP) is 8.42. The van der Waals surface area contributed by atoms with E-state index in [0.717, 1.165) is 55.7 Å². The number of halogens is 6. The molecule has 1 heterocycles. The molecule has 2 aromatic carbocycles. The van der Waals surface area contributed by atoms with Crippen LogP contribution < -0.4 is 9.80 Å². The van der Waals surface area contributed by atoms with Gasteiger partial charge >= 0.3 is 12.4 Å². The molecule has 1 fully saturated rings. The minimum Gasteiger partial charge on any atom is -0.432 e. The van der Waals surface area contributed by atoms with Crippen molar-refractivity contribution >= 4 is 11.7 Å². The average molecular weight is 566 g/mol. The van der Waals surface area contributed by atoms with Gasteiger partial charge in [-0.1, -0.05) is 18.9 Å². The first-order chi connectivity index (χ1) is 19.0. The van der Waals surface area contributed by atoms with E-state index >= 15 is 0 Å². The van der Waals surface area contributed by atoms with E-state index in [1.54, 1.807) is 4.90 Å². The second kappa shape index (κ2) is 11.4. The number of aryl methyl sites for hydroxylation is 2. The smallest absolute Gasteiger partial charge is 0.416 e. The molecule has 0 atom stereocenters. The summed E-state index contributed by atoms with van der Waals surface area (Å²) in [5.74, 6) is 0.606. The van der Waals surface area contributed by atoms with Gasteiger partial charge in [-0.05, 0) is 91.5 Å². The van der Waals surface area contributed by atoms with E-state index in [-0.39, 0.29) is 30.7 Å². The van der Waals surface area contributed by atoms with Gasteiger partial charge in [0, 0.05) is 31.9 Å². The molecular weight excluding hydrogens is 532 g/mol. The van der Waals surface area contributed by atoms with E-state index in [0.29, 0.717) is 5.92 Å². The van der Waals surface area contributed by atoms with E-state index in [4.69, 9.17) is 4.42 Å². The number of benzene rings is 2. The van der Waals surface area contributed by atoms with Crippen LogP contribution in [0, 0.1) is 5.92 Å². The summed E-state index contributed by atoms with van der Waals surface area (Å²) >= 11 is 0. The fourth-order valence-electron chi connectivity index (χ4n) is 6.09. The highest BCUT2D eigenvalue weighted by atomic mass is 19.4. The molecule has 0 radical (unpaired) electrons. The van der Waals surface area contributed by atoms with Gasteiger partial charge in [0.2, 0.25) is 0 Å². The Kier molecular flexibility index (Phi) is 8.06. The third-order valence-corrected chi connectivity index (χ3v) is 8.04. The molecule has 0 unspecified atom stereocenters. The van der Waals surface area contributed by atoms with Crippen molar-refractivity contribution in [2.45, 2.75) is 77.3 Å². The zero-order valence-electron chi connectivity index (χ0n) is 22.4. The first-order valence-electron chi connectivity index (χ1n) is 13.8. The standard InChI is InChI=1S/C30H33F6N3O/c1-2-38(17-20-6-3-4-7-20)27-15-23-9-5-8-22(23)14-24(27)19-39(28-37-10-11-40-28)18-21-12-25(29(31,32)33)16-26(13-21)30(34,35)36/h10-16,20H,2-9,17-19H2,1H3. The molecule has 1 saturated carbocycles. The molecule has 10 heteroatoms. The number of anilines is 2. The summed E-state index contributed by atoms with van der Waals surface area (Å²) in [4.78, 5) is 8.18. The Morgan fingerprint density at radius 2 is 1.48 bits per heavy atom. The Morgan fingerprint density at radius 3 is 2.05 bits per heavy atom. The number of hydrogen-bond donors (Lipinski definition) is 0. The normalized spacial score (nSPS) is 16.0. The second-order valence-electron chi connectivity index (χ2n) is 10.9.